The van der Waals surface area contributed by atoms with Gasteiger partial charge in [0.2, 0.25) is 11.8 Å². The molecule has 2 atom stereocenters. The zero-order valence-corrected chi connectivity index (χ0v) is 11.3. The largest absolute Gasteiger partial charge is 0.480 e. The van der Waals surface area contributed by atoms with Gasteiger partial charge in [-0.2, -0.15) is 0 Å². The quantitative estimate of drug-likeness (QED) is 0.665. The topological polar surface area (TPSA) is 95.5 Å². The van der Waals surface area contributed by atoms with Crippen LogP contribution in [-0.2, 0) is 14.4 Å². The fraction of sp³-hybridized carbons (Fsp3) is 0.769. The minimum Gasteiger partial charge on any atom is -0.480 e. The maximum absolute atomic E-state index is 12.0. The number of unbranched alkanes of at least 4 members (excludes halogenated alkanes) is 1. The van der Waals surface area contributed by atoms with Crippen molar-refractivity contribution in [2.45, 2.75) is 64.0 Å². The van der Waals surface area contributed by atoms with Crippen molar-refractivity contribution in [3.8, 4) is 0 Å². The summed E-state index contributed by atoms with van der Waals surface area (Å²) in [6.07, 6.45) is 4.60. The van der Waals surface area contributed by atoms with Crippen LogP contribution in [0.4, 0.5) is 0 Å². The van der Waals surface area contributed by atoms with Crippen molar-refractivity contribution in [2.75, 3.05) is 0 Å². The predicted octanol–water partition coefficient (Wildman–Crippen LogP) is 0.805. The molecule has 1 heterocycles. The highest BCUT2D eigenvalue weighted by atomic mass is 16.4. The first-order valence-electron chi connectivity index (χ1n) is 6.87. The minimum atomic E-state index is -1.03. The Kier molecular flexibility index (Phi) is 6.32. The lowest BCUT2D eigenvalue weighted by molar-refractivity contribution is -0.142. The summed E-state index contributed by atoms with van der Waals surface area (Å²) in [7, 11) is 0. The molecule has 1 saturated heterocycles. The standard InChI is InChI=1S/C13H22N2O4/c1-2-3-6-10(13(18)19)15-12(17)9-7-4-5-8-11(16)14-9/h9-10H,2-8H2,1H3,(H,14,16)(H,15,17)(H,18,19)/t9?,10-/m0/s1. The fourth-order valence-electron chi connectivity index (χ4n) is 2.11. The van der Waals surface area contributed by atoms with Crippen LogP contribution < -0.4 is 10.6 Å². The van der Waals surface area contributed by atoms with Gasteiger partial charge in [-0.1, -0.05) is 26.2 Å². The highest BCUT2D eigenvalue weighted by Gasteiger charge is 2.27. The number of rotatable bonds is 6. The lowest BCUT2D eigenvalue weighted by atomic mass is 10.1. The minimum absolute atomic E-state index is 0.141. The van der Waals surface area contributed by atoms with Crippen molar-refractivity contribution in [1.82, 2.24) is 10.6 Å². The third-order valence-corrected chi connectivity index (χ3v) is 3.26. The molecule has 1 fully saturated rings. The smallest absolute Gasteiger partial charge is 0.326 e. The average molecular weight is 270 g/mol. The number of hydrogen-bond donors (Lipinski definition) is 3. The van der Waals surface area contributed by atoms with Crippen LogP contribution in [-0.4, -0.2) is 35.0 Å². The summed E-state index contributed by atoms with van der Waals surface area (Å²) in [5.74, 6) is -1.56. The van der Waals surface area contributed by atoms with Crippen molar-refractivity contribution in [1.29, 1.82) is 0 Å². The Morgan fingerprint density at radius 1 is 1.47 bits per heavy atom. The van der Waals surface area contributed by atoms with Gasteiger partial charge in [0.05, 0.1) is 0 Å². The van der Waals surface area contributed by atoms with Gasteiger partial charge < -0.3 is 15.7 Å². The van der Waals surface area contributed by atoms with Gasteiger partial charge in [-0.25, -0.2) is 4.79 Å². The monoisotopic (exact) mass is 270 g/mol. The molecule has 1 aliphatic heterocycles. The molecule has 0 aromatic heterocycles. The number of amides is 2. The molecule has 1 aliphatic rings. The summed E-state index contributed by atoms with van der Waals surface area (Å²) >= 11 is 0. The summed E-state index contributed by atoms with van der Waals surface area (Å²) in [5.41, 5.74) is 0. The molecule has 0 aliphatic carbocycles. The molecule has 1 unspecified atom stereocenters. The fourth-order valence-corrected chi connectivity index (χ4v) is 2.11. The zero-order valence-electron chi connectivity index (χ0n) is 11.3. The molecular formula is C13H22N2O4. The normalized spacial score (nSPS) is 21.1. The first-order chi connectivity index (χ1) is 9.04. The van der Waals surface area contributed by atoms with E-state index >= 15 is 0 Å². The number of carboxylic acids is 1. The molecule has 0 radical (unpaired) electrons. The lowest BCUT2D eigenvalue weighted by Crippen LogP contribution is -2.51. The molecule has 0 saturated carbocycles. The second-order valence-electron chi connectivity index (χ2n) is 4.91. The van der Waals surface area contributed by atoms with Gasteiger partial charge in [-0.05, 0) is 19.3 Å². The number of carboxylic acid groups (broad SMARTS) is 1. The third-order valence-electron chi connectivity index (χ3n) is 3.26. The number of carbonyl (C=O) groups is 3. The molecule has 0 aromatic rings. The van der Waals surface area contributed by atoms with Gasteiger partial charge in [0.25, 0.3) is 0 Å². The van der Waals surface area contributed by atoms with Crippen molar-refractivity contribution in [3.05, 3.63) is 0 Å². The van der Waals surface area contributed by atoms with Gasteiger partial charge in [0, 0.05) is 6.42 Å². The number of carbonyl (C=O) groups excluding carboxylic acids is 2. The van der Waals surface area contributed by atoms with Crippen LogP contribution in [0.1, 0.15) is 51.9 Å². The molecule has 3 N–H and O–H groups in total. The maximum atomic E-state index is 12.0. The van der Waals surface area contributed by atoms with E-state index < -0.39 is 24.0 Å². The Morgan fingerprint density at radius 2 is 2.21 bits per heavy atom. The second kappa shape index (κ2) is 7.76. The predicted molar refractivity (Wildman–Crippen MR) is 69.5 cm³/mol. The SMILES string of the molecule is CCCC[C@H](NC(=O)C1CCCCC(=O)N1)C(=O)O. The average Bonchev–Trinajstić information content (AvgIpc) is 2.58. The van der Waals surface area contributed by atoms with E-state index in [2.05, 4.69) is 10.6 Å². The Balaban J connectivity index is 2.54. The van der Waals surface area contributed by atoms with Gasteiger partial charge in [-0.3, -0.25) is 9.59 Å². The van der Waals surface area contributed by atoms with E-state index in [0.29, 0.717) is 19.3 Å². The van der Waals surface area contributed by atoms with E-state index in [9.17, 15) is 14.4 Å². The highest BCUT2D eigenvalue weighted by molar-refractivity contribution is 5.90. The van der Waals surface area contributed by atoms with Gasteiger partial charge in [-0.15, -0.1) is 0 Å². The van der Waals surface area contributed by atoms with Crippen LogP contribution in [0.2, 0.25) is 0 Å². The van der Waals surface area contributed by atoms with Gasteiger partial charge in [0.15, 0.2) is 0 Å². The van der Waals surface area contributed by atoms with Crippen LogP contribution in [0.3, 0.4) is 0 Å². The van der Waals surface area contributed by atoms with E-state index in [-0.39, 0.29) is 5.91 Å². The first kappa shape index (κ1) is 15.5. The molecule has 19 heavy (non-hydrogen) atoms. The third kappa shape index (κ3) is 5.28. The van der Waals surface area contributed by atoms with E-state index in [1.54, 1.807) is 0 Å². The Morgan fingerprint density at radius 3 is 2.84 bits per heavy atom. The molecule has 0 bridgehead atoms. The number of hydrogen-bond acceptors (Lipinski definition) is 3. The molecule has 1 rings (SSSR count). The molecule has 0 spiro atoms. The summed E-state index contributed by atoms with van der Waals surface area (Å²) < 4.78 is 0. The second-order valence-corrected chi connectivity index (χ2v) is 4.91. The van der Waals surface area contributed by atoms with Crippen LogP contribution in [0.15, 0.2) is 0 Å². The van der Waals surface area contributed by atoms with Crippen LogP contribution in [0.25, 0.3) is 0 Å². The molecular weight excluding hydrogens is 248 g/mol. The number of aliphatic carboxylic acids is 1. The summed E-state index contributed by atoms with van der Waals surface area (Å²) in [6, 6.07) is -1.47. The molecule has 0 aromatic carbocycles. The molecule has 108 valence electrons. The summed E-state index contributed by atoms with van der Waals surface area (Å²) in [4.78, 5) is 34.4. The molecule has 6 heteroatoms. The van der Waals surface area contributed by atoms with Crippen molar-refractivity contribution in [3.63, 3.8) is 0 Å². The van der Waals surface area contributed by atoms with Gasteiger partial charge in [0.1, 0.15) is 12.1 Å². The van der Waals surface area contributed by atoms with Crippen LogP contribution in [0, 0.1) is 0 Å². The zero-order chi connectivity index (χ0) is 14.3. The van der Waals surface area contributed by atoms with Crippen LogP contribution in [0.5, 0.6) is 0 Å². The Bertz CT molecular complexity index is 344. The van der Waals surface area contributed by atoms with Crippen molar-refractivity contribution in [2.24, 2.45) is 0 Å². The van der Waals surface area contributed by atoms with Crippen LogP contribution >= 0.6 is 0 Å². The van der Waals surface area contributed by atoms with Gasteiger partial charge >= 0.3 is 5.97 Å². The first-order valence-corrected chi connectivity index (χ1v) is 6.87. The maximum Gasteiger partial charge on any atom is 0.326 e. The Hall–Kier alpha value is -1.59. The number of nitrogens with one attached hydrogen (secondary N) is 2. The molecule has 2 amide bonds. The lowest BCUT2D eigenvalue weighted by Gasteiger charge is -2.19. The Labute approximate surface area is 112 Å². The van der Waals surface area contributed by atoms with E-state index in [4.69, 9.17) is 5.11 Å². The highest BCUT2D eigenvalue weighted by Crippen LogP contribution is 2.10. The molecule has 6 nitrogen and oxygen atoms in total. The van der Waals surface area contributed by atoms with E-state index in [1.165, 1.54) is 0 Å². The summed E-state index contributed by atoms with van der Waals surface area (Å²) in [6.45, 7) is 1.96. The van der Waals surface area contributed by atoms with E-state index in [0.717, 1.165) is 25.7 Å². The van der Waals surface area contributed by atoms with E-state index in [1.807, 2.05) is 6.92 Å². The van der Waals surface area contributed by atoms with Crippen molar-refractivity contribution < 1.29 is 19.5 Å². The van der Waals surface area contributed by atoms with Crippen molar-refractivity contribution >= 4 is 17.8 Å². The summed E-state index contributed by atoms with van der Waals surface area (Å²) in [5, 5.41) is 14.2.